The van der Waals surface area contributed by atoms with Gasteiger partial charge in [-0.2, -0.15) is 0 Å². The maximum Gasteiger partial charge on any atom is 0.191 e. The molecule has 1 fully saturated rings. The maximum atomic E-state index is 5.94. The van der Waals surface area contributed by atoms with Gasteiger partial charge in [0.25, 0.3) is 0 Å². The Labute approximate surface area is 182 Å². The van der Waals surface area contributed by atoms with E-state index in [2.05, 4.69) is 53.4 Å². The summed E-state index contributed by atoms with van der Waals surface area (Å²) in [5.74, 6) is 2.35. The molecule has 1 aliphatic heterocycles. The van der Waals surface area contributed by atoms with Gasteiger partial charge in [-0.1, -0.05) is 39.0 Å². The van der Waals surface area contributed by atoms with Gasteiger partial charge in [-0.25, -0.2) is 0 Å². The molecule has 0 aliphatic carbocycles. The standard InChI is InChI=1S/C21H36N4O.HI/c1-5-12-25-13-10-19(11-14-25)24-21(22-4)23-15-18-8-6-7-9-20(18)26-16-17(2)3;/h6-9,17,19H,5,10-16H2,1-4H3,(H2,22,23,24);1H. The van der Waals surface area contributed by atoms with E-state index in [0.717, 1.165) is 23.9 Å². The Bertz CT molecular complexity index is 557. The Kier molecular flexibility index (Phi) is 11.7. The van der Waals surface area contributed by atoms with E-state index in [1.165, 1.54) is 38.9 Å². The van der Waals surface area contributed by atoms with Crippen LogP contribution in [-0.2, 0) is 6.54 Å². The number of piperidine rings is 1. The number of hydrogen-bond donors (Lipinski definition) is 2. The van der Waals surface area contributed by atoms with E-state index in [0.29, 0.717) is 18.5 Å². The SMILES string of the molecule is CCCN1CCC(NC(=NC)NCc2ccccc2OCC(C)C)CC1.I. The number of aliphatic imine (C=N–C) groups is 1. The smallest absolute Gasteiger partial charge is 0.191 e. The van der Waals surface area contributed by atoms with Crippen molar-refractivity contribution < 1.29 is 4.74 Å². The number of ether oxygens (including phenoxy) is 1. The van der Waals surface area contributed by atoms with Crippen LogP contribution in [0.3, 0.4) is 0 Å². The predicted molar refractivity (Wildman–Crippen MR) is 125 cm³/mol. The lowest BCUT2D eigenvalue weighted by Crippen LogP contribution is -2.48. The summed E-state index contributed by atoms with van der Waals surface area (Å²) in [6.45, 7) is 11.6. The Morgan fingerprint density at radius 2 is 1.96 bits per heavy atom. The highest BCUT2D eigenvalue weighted by molar-refractivity contribution is 14.0. The normalized spacial score (nSPS) is 16.1. The highest BCUT2D eigenvalue weighted by Crippen LogP contribution is 2.18. The number of para-hydroxylation sites is 1. The molecule has 0 aromatic heterocycles. The number of hydrogen-bond acceptors (Lipinski definition) is 3. The Hall–Kier alpha value is -1.02. The lowest BCUT2D eigenvalue weighted by Gasteiger charge is -2.32. The Morgan fingerprint density at radius 1 is 1.26 bits per heavy atom. The Balaban J connectivity index is 0.00000364. The zero-order chi connectivity index (χ0) is 18.8. The Morgan fingerprint density at radius 3 is 2.59 bits per heavy atom. The lowest BCUT2D eigenvalue weighted by atomic mass is 10.1. The van der Waals surface area contributed by atoms with Crippen LogP contribution in [0.2, 0.25) is 0 Å². The van der Waals surface area contributed by atoms with Crippen molar-refractivity contribution in [1.82, 2.24) is 15.5 Å². The summed E-state index contributed by atoms with van der Waals surface area (Å²) in [7, 11) is 1.84. The molecule has 0 unspecified atom stereocenters. The van der Waals surface area contributed by atoms with E-state index in [9.17, 15) is 0 Å². The van der Waals surface area contributed by atoms with Crippen molar-refractivity contribution in [2.24, 2.45) is 10.9 Å². The van der Waals surface area contributed by atoms with E-state index in [4.69, 9.17) is 4.74 Å². The first-order valence-corrected chi connectivity index (χ1v) is 10.0. The fourth-order valence-electron chi connectivity index (χ4n) is 3.23. The van der Waals surface area contributed by atoms with Crippen LogP contribution < -0.4 is 15.4 Å². The minimum atomic E-state index is 0. The molecule has 1 aromatic carbocycles. The molecule has 0 bridgehead atoms. The van der Waals surface area contributed by atoms with E-state index in [1.54, 1.807) is 0 Å². The number of rotatable bonds is 8. The molecule has 0 spiro atoms. The summed E-state index contributed by atoms with van der Waals surface area (Å²) >= 11 is 0. The van der Waals surface area contributed by atoms with Gasteiger partial charge in [0.2, 0.25) is 0 Å². The van der Waals surface area contributed by atoms with Crippen molar-refractivity contribution >= 4 is 29.9 Å². The molecule has 2 rings (SSSR count). The summed E-state index contributed by atoms with van der Waals surface area (Å²) in [5, 5.41) is 7.02. The van der Waals surface area contributed by atoms with Crippen LogP contribution in [0, 0.1) is 5.92 Å². The van der Waals surface area contributed by atoms with E-state index >= 15 is 0 Å². The molecule has 6 heteroatoms. The van der Waals surface area contributed by atoms with Crippen molar-refractivity contribution in [3.8, 4) is 5.75 Å². The van der Waals surface area contributed by atoms with Crippen molar-refractivity contribution in [2.45, 2.75) is 52.6 Å². The van der Waals surface area contributed by atoms with Gasteiger partial charge in [0.15, 0.2) is 5.96 Å². The molecule has 2 N–H and O–H groups in total. The minimum absolute atomic E-state index is 0. The van der Waals surface area contributed by atoms with Gasteiger partial charge in [-0.15, -0.1) is 24.0 Å². The van der Waals surface area contributed by atoms with Gasteiger partial charge in [0.1, 0.15) is 5.75 Å². The van der Waals surface area contributed by atoms with Gasteiger partial charge >= 0.3 is 0 Å². The molecule has 0 amide bonds. The van der Waals surface area contributed by atoms with Gasteiger partial charge in [-0.3, -0.25) is 4.99 Å². The lowest BCUT2D eigenvalue weighted by molar-refractivity contribution is 0.206. The van der Waals surface area contributed by atoms with Gasteiger partial charge in [0, 0.05) is 38.3 Å². The number of benzene rings is 1. The van der Waals surface area contributed by atoms with Crippen LogP contribution in [0.4, 0.5) is 0 Å². The average Bonchev–Trinajstić information content (AvgIpc) is 2.65. The maximum absolute atomic E-state index is 5.94. The molecule has 0 radical (unpaired) electrons. The second kappa shape index (κ2) is 13.2. The fourth-order valence-corrected chi connectivity index (χ4v) is 3.23. The monoisotopic (exact) mass is 488 g/mol. The van der Waals surface area contributed by atoms with E-state index in [1.807, 2.05) is 19.2 Å². The van der Waals surface area contributed by atoms with Crippen LogP contribution in [0.1, 0.15) is 45.6 Å². The summed E-state index contributed by atoms with van der Waals surface area (Å²) in [6, 6.07) is 8.73. The molecular formula is C21H37IN4O. The zero-order valence-electron chi connectivity index (χ0n) is 17.3. The second-order valence-corrected chi connectivity index (χ2v) is 7.50. The number of guanidine groups is 1. The first kappa shape index (κ1) is 24.0. The molecular weight excluding hydrogens is 451 g/mol. The summed E-state index contributed by atoms with van der Waals surface area (Å²) in [6.07, 6.45) is 3.59. The van der Waals surface area contributed by atoms with Crippen LogP contribution in [-0.4, -0.2) is 50.2 Å². The van der Waals surface area contributed by atoms with Gasteiger partial charge in [0.05, 0.1) is 6.61 Å². The third-order valence-corrected chi connectivity index (χ3v) is 4.68. The molecule has 5 nitrogen and oxygen atoms in total. The average molecular weight is 488 g/mol. The quantitative estimate of drug-likeness (QED) is 0.331. The van der Waals surface area contributed by atoms with Crippen molar-refractivity contribution in [3.05, 3.63) is 29.8 Å². The van der Waals surface area contributed by atoms with Crippen molar-refractivity contribution in [3.63, 3.8) is 0 Å². The predicted octanol–water partition coefficient (Wildman–Crippen LogP) is 3.88. The number of nitrogens with zero attached hydrogens (tertiary/aromatic N) is 2. The van der Waals surface area contributed by atoms with Crippen LogP contribution >= 0.6 is 24.0 Å². The van der Waals surface area contributed by atoms with Crippen LogP contribution in [0.5, 0.6) is 5.75 Å². The van der Waals surface area contributed by atoms with Crippen LogP contribution in [0.25, 0.3) is 0 Å². The molecule has 1 aromatic rings. The van der Waals surface area contributed by atoms with Crippen LogP contribution in [0.15, 0.2) is 29.3 Å². The third kappa shape index (κ3) is 8.68. The first-order valence-electron chi connectivity index (χ1n) is 10.0. The molecule has 0 atom stereocenters. The fraction of sp³-hybridized carbons (Fsp3) is 0.667. The topological polar surface area (TPSA) is 48.9 Å². The number of likely N-dealkylation sites (tertiary alicyclic amines) is 1. The van der Waals surface area contributed by atoms with Crippen molar-refractivity contribution in [2.75, 3.05) is 33.3 Å². The molecule has 1 aliphatic rings. The van der Waals surface area contributed by atoms with Crippen molar-refractivity contribution in [1.29, 1.82) is 0 Å². The third-order valence-electron chi connectivity index (χ3n) is 4.68. The summed E-state index contributed by atoms with van der Waals surface area (Å²) in [4.78, 5) is 6.95. The molecule has 0 saturated carbocycles. The van der Waals surface area contributed by atoms with Gasteiger partial charge in [-0.05, 0) is 37.8 Å². The van der Waals surface area contributed by atoms with E-state index in [-0.39, 0.29) is 24.0 Å². The zero-order valence-corrected chi connectivity index (χ0v) is 19.7. The number of nitrogens with one attached hydrogen (secondary N) is 2. The first-order chi connectivity index (χ1) is 12.6. The summed E-state index contributed by atoms with van der Waals surface area (Å²) < 4.78 is 5.94. The molecule has 1 heterocycles. The minimum Gasteiger partial charge on any atom is -0.493 e. The number of halogens is 1. The molecule has 27 heavy (non-hydrogen) atoms. The highest BCUT2D eigenvalue weighted by Gasteiger charge is 2.19. The van der Waals surface area contributed by atoms with Gasteiger partial charge < -0.3 is 20.3 Å². The molecule has 1 saturated heterocycles. The van der Waals surface area contributed by atoms with E-state index < -0.39 is 0 Å². The molecule has 154 valence electrons. The highest BCUT2D eigenvalue weighted by atomic mass is 127. The largest absolute Gasteiger partial charge is 0.493 e. The second-order valence-electron chi connectivity index (χ2n) is 7.50. The summed E-state index contributed by atoms with van der Waals surface area (Å²) in [5.41, 5.74) is 1.16.